The van der Waals surface area contributed by atoms with E-state index in [4.69, 9.17) is 0 Å². The molecule has 0 spiro atoms. The third-order valence-corrected chi connectivity index (χ3v) is 3.87. The molecule has 2 heterocycles. The van der Waals surface area contributed by atoms with Crippen LogP contribution in [0.1, 0.15) is 12.6 Å². The van der Waals surface area contributed by atoms with Crippen LogP contribution in [0.3, 0.4) is 0 Å². The van der Waals surface area contributed by atoms with Gasteiger partial charge < -0.3 is 0 Å². The van der Waals surface area contributed by atoms with Gasteiger partial charge in [0, 0.05) is 30.5 Å². The first-order valence-corrected chi connectivity index (χ1v) is 7.38. The molecule has 1 saturated heterocycles. The second-order valence-corrected chi connectivity index (χ2v) is 5.37. The van der Waals surface area contributed by atoms with Gasteiger partial charge in [-0.05, 0) is 43.3 Å². The summed E-state index contributed by atoms with van der Waals surface area (Å²) in [6.07, 6.45) is 2.18. The monoisotopic (exact) mass is 313 g/mol. The van der Waals surface area contributed by atoms with E-state index in [1.54, 1.807) is 13.1 Å². The van der Waals surface area contributed by atoms with Crippen LogP contribution in [0.5, 0.6) is 0 Å². The fourth-order valence-electron chi connectivity index (χ4n) is 2.64. The summed E-state index contributed by atoms with van der Waals surface area (Å²) in [7, 11) is 0. The molecule has 1 aromatic carbocycles. The van der Waals surface area contributed by atoms with E-state index in [1.807, 2.05) is 18.2 Å². The standard InChI is InChI=1S/C17H16FN3O2/c1-12-16(22)20(11-9-14-4-2-3-10-19-14)17(23)21(12)15-7-5-13(18)6-8-15/h2-8,10,12H,9,11H2,1H3/t12-/m0/s1. The maximum absolute atomic E-state index is 13.0. The van der Waals surface area contributed by atoms with E-state index in [2.05, 4.69) is 4.98 Å². The van der Waals surface area contributed by atoms with Gasteiger partial charge in [0.2, 0.25) is 0 Å². The van der Waals surface area contributed by atoms with E-state index in [1.165, 1.54) is 34.1 Å². The second-order valence-electron chi connectivity index (χ2n) is 5.37. The minimum atomic E-state index is -0.600. The average molecular weight is 313 g/mol. The van der Waals surface area contributed by atoms with Crippen LogP contribution in [-0.4, -0.2) is 34.4 Å². The summed E-state index contributed by atoms with van der Waals surface area (Å²) < 4.78 is 13.0. The molecule has 5 nitrogen and oxygen atoms in total. The minimum Gasteiger partial charge on any atom is -0.282 e. The predicted octanol–water partition coefficient (Wildman–Crippen LogP) is 2.62. The number of amides is 3. The lowest BCUT2D eigenvalue weighted by atomic mass is 10.2. The highest BCUT2D eigenvalue weighted by atomic mass is 19.1. The van der Waals surface area contributed by atoms with Gasteiger partial charge in [-0.3, -0.25) is 19.6 Å². The van der Waals surface area contributed by atoms with Crippen molar-refractivity contribution in [2.45, 2.75) is 19.4 Å². The molecule has 2 aromatic rings. The second kappa shape index (κ2) is 6.16. The summed E-state index contributed by atoms with van der Waals surface area (Å²) in [5.74, 6) is -0.637. The normalized spacial score (nSPS) is 17.9. The molecule has 6 heteroatoms. The summed E-state index contributed by atoms with van der Waals surface area (Å²) in [6, 6.07) is 10.1. The van der Waals surface area contributed by atoms with Crippen molar-refractivity contribution in [1.82, 2.24) is 9.88 Å². The molecule has 0 unspecified atom stereocenters. The lowest BCUT2D eigenvalue weighted by Gasteiger charge is -2.19. The molecule has 1 aliphatic rings. The highest BCUT2D eigenvalue weighted by Gasteiger charge is 2.42. The van der Waals surface area contributed by atoms with Gasteiger partial charge in [-0.15, -0.1) is 0 Å². The molecule has 1 aromatic heterocycles. The van der Waals surface area contributed by atoms with Crippen molar-refractivity contribution in [1.29, 1.82) is 0 Å². The molecule has 0 aliphatic carbocycles. The Morgan fingerprint density at radius 2 is 1.87 bits per heavy atom. The molecule has 1 fully saturated rings. The summed E-state index contributed by atoms with van der Waals surface area (Å²) in [5.41, 5.74) is 1.33. The SMILES string of the molecule is C[C@H]1C(=O)N(CCc2ccccn2)C(=O)N1c1ccc(F)cc1. The van der Waals surface area contributed by atoms with Crippen molar-refractivity contribution in [3.05, 3.63) is 60.2 Å². The van der Waals surface area contributed by atoms with Crippen molar-refractivity contribution >= 4 is 17.6 Å². The number of anilines is 1. The summed E-state index contributed by atoms with van der Waals surface area (Å²) >= 11 is 0. The number of aromatic nitrogens is 1. The smallest absolute Gasteiger partial charge is 0.282 e. The topological polar surface area (TPSA) is 53.5 Å². The molecule has 3 amide bonds. The number of carbonyl (C=O) groups is 2. The largest absolute Gasteiger partial charge is 0.331 e. The molecule has 118 valence electrons. The Morgan fingerprint density at radius 1 is 1.13 bits per heavy atom. The molecule has 0 N–H and O–H groups in total. The number of imide groups is 1. The summed E-state index contributed by atoms with van der Waals surface area (Å²) in [6.45, 7) is 1.95. The van der Waals surface area contributed by atoms with E-state index in [0.717, 1.165) is 5.69 Å². The molecule has 23 heavy (non-hydrogen) atoms. The Kier molecular flexibility index (Phi) is 4.06. The molecular formula is C17H16FN3O2. The van der Waals surface area contributed by atoms with Gasteiger partial charge in [-0.1, -0.05) is 6.07 Å². The van der Waals surface area contributed by atoms with Crippen LogP contribution in [0.15, 0.2) is 48.7 Å². The average Bonchev–Trinajstić information content (AvgIpc) is 2.78. The molecule has 1 aliphatic heterocycles. The van der Waals surface area contributed by atoms with Crippen LogP contribution < -0.4 is 4.90 Å². The zero-order chi connectivity index (χ0) is 16.4. The number of benzene rings is 1. The fourth-order valence-corrected chi connectivity index (χ4v) is 2.64. The first-order chi connectivity index (χ1) is 11.1. The number of pyridine rings is 1. The van der Waals surface area contributed by atoms with Gasteiger partial charge >= 0.3 is 6.03 Å². The van der Waals surface area contributed by atoms with Crippen LogP contribution in [-0.2, 0) is 11.2 Å². The van der Waals surface area contributed by atoms with Crippen molar-refractivity contribution in [2.24, 2.45) is 0 Å². The van der Waals surface area contributed by atoms with E-state index >= 15 is 0 Å². The van der Waals surface area contributed by atoms with Gasteiger partial charge in [0.15, 0.2) is 0 Å². The fraction of sp³-hybridized carbons (Fsp3) is 0.235. The quantitative estimate of drug-likeness (QED) is 0.815. The van der Waals surface area contributed by atoms with Crippen LogP contribution in [0.4, 0.5) is 14.9 Å². The van der Waals surface area contributed by atoms with E-state index in [0.29, 0.717) is 12.1 Å². The van der Waals surface area contributed by atoms with Gasteiger partial charge in [0.25, 0.3) is 5.91 Å². The molecule has 0 saturated carbocycles. The number of urea groups is 1. The number of hydrogen-bond acceptors (Lipinski definition) is 3. The third kappa shape index (κ3) is 2.92. The number of nitrogens with zero attached hydrogens (tertiary/aromatic N) is 3. The molecule has 1 atom stereocenters. The van der Waals surface area contributed by atoms with Crippen molar-refractivity contribution in [3.63, 3.8) is 0 Å². The van der Waals surface area contributed by atoms with Gasteiger partial charge in [-0.25, -0.2) is 9.18 Å². The van der Waals surface area contributed by atoms with Crippen LogP contribution in [0.2, 0.25) is 0 Å². The van der Waals surface area contributed by atoms with E-state index in [9.17, 15) is 14.0 Å². The first-order valence-electron chi connectivity index (χ1n) is 7.38. The van der Waals surface area contributed by atoms with Gasteiger partial charge in [-0.2, -0.15) is 0 Å². The Hall–Kier alpha value is -2.76. The molecular weight excluding hydrogens is 297 g/mol. The van der Waals surface area contributed by atoms with Crippen LogP contribution >= 0.6 is 0 Å². The van der Waals surface area contributed by atoms with Crippen molar-refractivity contribution < 1.29 is 14.0 Å². The summed E-state index contributed by atoms with van der Waals surface area (Å²) in [4.78, 5) is 31.7. The Labute approximate surface area is 133 Å². The molecule has 0 bridgehead atoms. The first kappa shape index (κ1) is 15.1. The Balaban J connectivity index is 1.76. The Bertz CT molecular complexity index is 718. The molecule has 3 rings (SSSR count). The number of rotatable bonds is 4. The van der Waals surface area contributed by atoms with Gasteiger partial charge in [0.05, 0.1) is 0 Å². The highest BCUT2D eigenvalue weighted by molar-refractivity contribution is 6.14. The predicted molar refractivity (Wildman–Crippen MR) is 83.4 cm³/mol. The van der Waals surface area contributed by atoms with Crippen molar-refractivity contribution in [2.75, 3.05) is 11.4 Å². The number of carbonyl (C=O) groups excluding carboxylic acids is 2. The Morgan fingerprint density at radius 3 is 2.52 bits per heavy atom. The van der Waals surface area contributed by atoms with Crippen molar-refractivity contribution in [3.8, 4) is 0 Å². The number of halogens is 1. The van der Waals surface area contributed by atoms with E-state index < -0.39 is 6.04 Å². The van der Waals surface area contributed by atoms with E-state index in [-0.39, 0.29) is 24.3 Å². The summed E-state index contributed by atoms with van der Waals surface area (Å²) in [5, 5.41) is 0. The highest BCUT2D eigenvalue weighted by Crippen LogP contribution is 2.26. The maximum Gasteiger partial charge on any atom is 0.331 e. The maximum atomic E-state index is 13.0. The lowest BCUT2D eigenvalue weighted by molar-refractivity contribution is -0.126. The van der Waals surface area contributed by atoms with Gasteiger partial charge in [0.1, 0.15) is 11.9 Å². The lowest BCUT2D eigenvalue weighted by Crippen LogP contribution is -2.35. The van der Waals surface area contributed by atoms with Crippen LogP contribution in [0.25, 0.3) is 0 Å². The zero-order valence-electron chi connectivity index (χ0n) is 12.6. The zero-order valence-corrected chi connectivity index (χ0v) is 12.6. The van der Waals surface area contributed by atoms with Crippen LogP contribution in [0, 0.1) is 5.82 Å². The number of hydrogen-bond donors (Lipinski definition) is 0. The molecule has 0 radical (unpaired) electrons. The minimum absolute atomic E-state index is 0.254. The third-order valence-electron chi connectivity index (χ3n) is 3.87.